The Hall–Kier alpha value is -2.20. The fourth-order valence-corrected chi connectivity index (χ4v) is 5.49. The minimum atomic E-state index is 0.0139. The lowest BCUT2D eigenvalue weighted by molar-refractivity contribution is 0.175. The predicted octanol–water partition coefficient (Wildman–Crippen LogP) is 5.29. The zero-order valence-electron chi connectivity index (χ0n) is 19.0. The number of para-hydroxylation sites is 1. The van der Waals surface area contributed by atoms with Crippen LogP contribution in [0.5, 0.6) is 11.5 Å². The van der Waals surface area contributed by atoms with Gasteiger partial charge in [-0.25, -0.2) is 0 Å². The third-order valence-electron chi connectivity index (χ3n) is 7.18. The number of hydrogen-bond acceptors (Lipinski definition) is 4. The number of phenols is 2. The van der Waals surface area contributed by atoms with Gasteiger partial charge in [0.25, 0.3) is 0 Å². The van der Waals surface area contributed by atoms with Crippen LogP contribution in [-0.4, -0.2) is 47.3 Å². The van der Waals surface area contributed by atoms with Gasteiger partial charge in [0.2, 0.25) is 0 Å². The monoisotopic (exact) mass is 422 g/mol. The molecule has 0 saturated heterocycles. The van der Waals surface area contributed by atoms with Crippen LogP contribution >= 0.6 is 0 Å². The number of benzene rings is 2. The molecular weight excluding hydrogens is 384 g/mol. The second-order valence-electron chi connectivity index (χ2n) is 9.28. The Morgan fingerprint density at radius 3 is 2.65 bits per heavy atom. The van der Waals surface area contributed by atoms with Crippen molar-refractivity contribution >= 4 is 5.69 Å². The van der Waals surface area contributed by atoms with E-state index in [1.54, 1.807) is 6.07 Å². The number of hydrogen-bond donors (Lipinski definition) is 2. The Morgan fingerprint density at radius 1 is 0.935 bits per heavy atom. The Morgan fingerprint density at radius 2 is 1.77 bits per heavy atom. The third kappa shape index (κ3) is 5.17. The van der Waals surface area contributed by atoms with Gasteiger partial charge in [-0.3, -0.25) is 0 Å². The van der Waals surface area contributed by atoms with Crippen molar-refractivity contribution in [1.29, 1.82) is 0 Å². The Balaban J connectivity index is 1.20. The van der Waals surface area contributed by atoms with Gasteiger partial charge in [0.05, 0.1) is 0 Å². The summed E-state index contributed by atoms with van der Waals surface area (Å²) in [6.45, 7) is 6.95. The summed E-state index contributed by atoms with van der Waals surface area (Å²) in [5.74, 6) is 0.110. The number of fused-ring (bicyclic) bond motifs is 2. The number of rotatable bonds is 10. The van der Waals surface area contributed by atoms with Gasteiger partial charge >= 0.3 is 0 Å². The summed E-state index contributed by atoms with van der Waals surface area (Å²) < 4.78 is 0. The summed E-state index contributed by atoms with van der Waals surface area (Å²) in [4.78, 5) is 5.23. The highest BCUT2D eigenvalue weighted by atomic mass is 16.3. The average molecular weight is 423 g/mol. The Bertz CT molecular complexity index is 866. The van der Waals surface area contributed by atoms with Crippen LogP contribution in [0.1, 0.15) is 62.1 Å². The van der Waals surface area contributed by atoms with E-state index >= 15 is 0 Å². The lowest BCUT2D eigenvalue weighted by atomic mass is 9.86. The first-order valence-electron chi connectivity index (χ1n) is 12.3. The zero-order chi connectivity index (χ0) is 21.6. The van der Waals surface area contributed by atoms with E-state index in [1.807, 2.05) is 6.07 Å². The van der Waals surface area contributed by atoms with Crippen molar-refractivity contribution in [1.82, 2.24) is 4.90 Å². The molecule has 1 atom stereocenters. The number of nitrogens with zero attached hydrogens (tertiary/aromatic N) is 2. The second-order valence-corrected chi connectivity index (χ2v) is 9.28. The van der Waals surface area contributed by atoms with Crippen LogP contribution in [0.25, 0.3) is 0 Å². The molecule has 0 bridgehead atoms. The molecule has 0 aromatic heterocycles. The summed E-state index contributed by atoms with van der Waals surface area (Å²) in [6.07, 6.45) is 10.4. The van der Waals surface area contributed by atoms with E-state index in [9.17, 15) is 10.2 Å². The van der Waals surface area contributed by atoms with Gasteiger partial charge in [-0.15, -0.1) is 0 Å². The van der Waals surface area contributed by atoms with E-state index in [4.69, 9.17) is 0 Å². The van der Waals surface area contributed by atoms with Gasteiger partial charge in [0.1, 0.15) is 0 Å². The number of anilines is 1. The molecule has 168 valence electrons. The SMILES string of the molecule is CCCN(CCCCCCN1CCc2ccccc21)[C@H]1CCc2c(ccc(O)c2O)C1. The maximum absolute atomic E-state index is 10.2. The first kappa shape index (κ1) is 22.0. The van der Waals surface area contributed by atoms with Crippen LogP contribution in [0.3, 0.4) is 0 Å². The fourth-order valence-electron chi connectivity index (χ4n) is 5.49. The molecule has 4 rings (SSSR count). The first-order valence-corrected chi connectivity index (χ1v) is 12.3. The zero-order valence-corrected chi connectivity index (χ0v) is 19.0. The number of phenolic OH excluding ortho intramolecular Hbond substituents is 2. The van der Waals surface area contributed by atoms with Gasteiger partial charge in [-0.05, 0) is 81.3 Å². The highest BCUT2D eigenvalue weighted by Gasteiger charge is 2.26. The van der Waals surface area contributed by atoms with E-state index in [0.29, 0.717) is 6.04 Å². The summed E-state index contributed by atoms with van der Waals surface area (Å²) in [6, 6.07) is 13.0. The predicted molar refractivity (Wildman–Crippen MR) is 128 cm³/mol. The van der Waals surface area contributed by atoms with Crippen molar-refractivity contribution in [2.45, 2.75) is 70.8 Å². The van der Waals surface area contributed by atoms with E-state index in [1.165, 1.54) is 75.0 Å². The molecule has 0 unspecified atom stereocenters. The maximum atomic E-state index is 10.2. The van der Waals surface area contributed by atoms with Crippen molar-refractivity contribution in [2.75, 3.05) is 31.1 Å². The van der Waals surface area contributed by atoms with E-state index in [-0.39, 0.29) is 11.5 Å². The quantitative estimate of drug-likeness (QED) is 0.403. The van der Waals surface area contributed by atoms with Gasteiger partial charge in [-0.1, -0.05) is 44.0 Å². The highest BCUT2D eigenvalue weighted by Crippen LogP contribution is 2.36. The standard InChI is InChI=1S/C27H38N2O2/c1-2-16-28(23-12-13-24-22(20-23)11-14-26(30)27(24)31)17-7-3-4-8-18-29-19-15-21-9-5-6-10-25(21)29/h5-6,9-11,14,23,30-31H,2-4,7-8,12-13,15-20H2,1H3/t23-/m0/s1. The first-order chi connectivity index (χ1) is 15.2. The topological polar surface area (TPSA) is 46.9 Å². The molecule has 0 saturated carbocycles. The molecular formula is C27H38N2O2. The third-order valence-corrected chi connectivity index (χ3v) is 7.18. The minimum absolute atomic E-state index is 0.0139. The summed E-state index contributed by atoms with van der Waals surface area (Å²) in [5, 5.41) is 19.9. The van der Waals surface area contributed by atoms with Gasteiger partial charge in [0, 0.05) is 30.4 Å². The van der Waals surface area contributed by atoms with Crippen molar-refractivity contribution < 1.29 is 10.2 Å². The van der Waals surface area contributed by atoms with Crippen LogP contribution in [0.2, 0.25) is 0 Å². The van der Waals surface area contributed by atoms with E-state index in [0.717, 1.165) is 31.4 Å². The fraction of sp³-hybridized carbons (Fsp3) is 0.556. The van der Waals surface area contributed by atoms with E-state index in [2.05, 4.69) is 41.0 Å². The molecule has 1 heterocycles. The smallest absolute Gasteiger partial charge is 0.160 e. The van der Waals surface area contributed by atoms with E-state index < -0.39 is 0 Å². The Kier molecular flexibility index (Phi) is 7.39. The molecule has 1 aliphatic carbocycles. The lowest BCUT2D eigenvalue weighted by Gasteiger charge is -2.35. The van der Waals surface area contributed by atoms with Crippen LogP contribution in [-0.2, 0) is 19.3 Å². The summed E-state index contributed by atoms with van der Waals surface area (Å²) >= 11 is 0. The largest absolute Gasteiger partial charge is 0.504 e. The molecule has 2 aromatic carbocycles. The van der Waals surface area contributed by atoms with Crippen LogP contribution in [0.4, 0.5) is 5.69 Å². The number of unbranched alkanes of at least 4 members (excludes halogenated alkanes) is 3. The highest BCUT2D eigenvalue weighted by molar-refractivity contribution is 5.57. The van der Waals surface area contributed by atoms with Gasteiger partial charge in [0.15, 0.2) is 11.5 Å². The molecule has 4 heteroatoms. The van der Waals surface area contributed by atoms with Crippen molar-refractivity contribution in [3.05, 3.63) is 53.1 Å². The van der Waals surface area contributed by atoms with Gasteiger partial charge < -0.3 is 20.0 Å². The van der Waals surface area contributed by atoms with Crippen LogP contribution < -0.4 is 4.90 Å². The summed E-state index contributed by atoms with van der Waals surface area (Å²) in [5.41, 5.74) is 5.12. The molecule has 0 fully saturated rings. The average Bonchev–Trinajstić information content (AvgIpc) is 3.21. The molecule has 1 aliphatic heterocycles. The minimum Gasteiger partial charge on any atom is -0.504 e. The van der Waals surface area contributed by atoms with Crippen molar-refractivity contribution in [2.24, 2.45) is 0 Å². The maximum Gasteiger partial charge on any atom is 0.160 e. The molecule has 0 radical (unpaired) electrons. The molecule has 0 amide bonds. The molecule has 31 heavy (non-hydrogen) atoms. The molecule has 2 aliphatic rings. The molecule has 4 nitrogen and oxygen atoms in total. The molecule has 0 spiro atoms. The Labute approximate surface area is 187 Å². The normalized spacial score (nSPS) is 17.7. The van der Waals surface area contributed by atoms with Crippen molar-refractivity contribution in [3.8, 4) is 11.5 Å². The number of aromatic hydroxyl groups is 2. The van der Waals surface area contributed by atoms with Gasteiger partial charge in [-0.2, -0.15) is 0 Å². The summed E-state index contributed by atoms with van der Waals surface area (Å²) in [7, 11) is 0. The van der Waals surface area contributed by atoms with Crippen molar-refractivity contribution in [3.63, 3.8) is 0 Å². The molecule has 2 N–H and O–H groups in total. The molecule has 2 aromatic rings. The second kappa shape index (κ2) is 10.4. The lowest BCUT2D eigenvalue weighted by Crippen LogP contribution is -2.40. The van der Waals surface area contributed by atoms with Crippen LogP contribution in [0, 0.1) is 0 Å². The van der Waals surface area contributed by atoms with Crippen LogP contribution in [0.15, 0.2) is 36.4 Å².